The molecule has 0 unspecified atom stereocenters. The number of likely N-dealkylation sites (N-methyl/N-ethyl adjacent to an activating group) is 1. The second-order valence-electron chi connectivity index (χ2n) is 7.43. The van der Waals surface area contributed by atoms with Gasteiger partial charge in [-0.05, 0) is 32.5 Å². The third kappa shape index (κ3) is 5.90. The number of hydrogen-bond acceptors (Lipinski definition) is 6. The van der Waals surface area contributed by atoms with Crippen molar-refractivity contribution in [3.63, 3.8) is 0 Å². The minimum atomic E-state index is -0.457. The van der Waals surface area contributed by atoms with Crippen LogP contribution >= 0.6 is 0 Å². The van der Waals surface area contributed by atoms with Crippen LogP contribution in [0.1, 0.15) is 38.1 Å². The van der Waals surface area contributed by atoms with E-state index in [1.807, 2.05) is 4.90 Å². The zero-order valence-electron chi connectivity index (χ0n) is 17.7. The smallest absolute Gasteiger partial charge is 0.293 e. The van der Waals surface area contributed by atoms with E-state index in [0.29, 0.717) is 44.5 Å². The van der Waals surface area contributed by atoms with Crippen LogP contribution in [0.2, 0.25) is 0 Å². The quantitative estimate of drug-likeness (QED) is 0.522. The Hall–Kier alpha value is -2.68. The van der Waals surface area contributed by atoms with Crippen LogP contribution in [0.15, 0.2) is 18.2 Å². The van der Waals surface area contributed by atoms with Crippen molar-refractivity contribution in [2.45, 2.75) is 33.7 Å². The lowest BCUT2D eigenvalue weighted by molar-refractivity contribution is -0.384. The highest BCUT2D eigenvalue weighted by atomic mass is 16.6. The number of amides is 2. The van der Waals surface area contributed by atoms with Gasteiger partial charge in [-0.25, -0.2) is 0 Å². The van der Waals surface area contributed by atoms with E-state index in [1.165, 1.54) is 13.0 Å². The van der Waals surface area contributed by atoms with E-state index in [2.05, 4.69) is 31.0 Å². The largest absolute Gasteiger partial charge is 0.362 e. The summed E-state index contributed by atoms with van der Waals surface area (Å²) in [7, 11) is 0. The normalized spacial score (nSPS) is 14.4. The summed E-state index contributed by atoms with van der Waals surface area (Å²) < 4.78 is 0. The maximum atomic E-state index is 12.5. The molecular formula is C20H31N5O4. The second-order valence-corrected chi connectivity index (χ2v) is 7.43. The van der Waals surface area contributed by atoms with Crippen molar-refractivity contribution in [2.75, 3.05) is 50.7 Å². The number of hydrogen-bond donors (Lipinski definition) is 1. The van der Waals surface area contributed by atoms with Gasteiger partial charge in [0.25, 0.3) is 11.6 Å². The van der Waals surface area contributed by atoms with Crippen molar-refractivity contribution in [1.82, 2.24) is 15.1 Å². The second kappa shape index (κ2) is 10.2. The van der Waals surface area contributed by atoms with Crippen LogP contribution in [0, 0.1) is 10.1 Å². The molecule has 2 rings (SSSR count). The van der Waals surface area contributed by atoms with Crippen molar-refractivity contribution in [3.8, 4) is 0 Å². The van der Waals surface area contributed by atoms with Gasteiger partial charge in [-0.2, -0.15) is 0 Å². The maximum Gasteiger partial charge on any atom is 0.293 e. The topological polar surface area (TPSA) is 99.0 Å². The molecular weight excluding hydrogens is 374 g/mol. The fourth-order valence-corrected chi connectivity index (χ4v) is 3.54. The summed E-state index contributed by atoms with van der Waals surface area (Å²) in [6.07, 6.45) is 0. The van der Waals surface area contributed by atoms with Crippen LogP contribution in [0.25, 0.3) is 0 Å². The van der Waals surface area contributed by atoms with Crippen LogP contribution in [-0.2, 0) is 4.79 Å². The molecule has 9 heteroatoms. The zero-order chi connectivity index (χ0) is 21.6. The van der Waals surface area contributed by atoms with E-state index >= 15 is 0 Å². The standard InChI is InChI=1S/C20H31N5O4/c1-5-22(15(2)3)9-8-21-20(27)17-6-7-18(19(14-17)25(28)29)24-12-10-23(11-13-24)16(4)26/h6-7,14-15H,5,8-13H2,1-4H3,(H,21,27). The Labute approximate surface area is 171 Å². The first-order valence-electron chi connectivity index (χ1n) is 10.1. The molecule has 0 radical (unpaired) electrons. The summed E-state index contributed by atoms with van der Waals surface area (Å²) in [6, 6.07) is 4.97. The summed E-state index contributed by atoms with van der Waals surface area (Å²) in [4.78, 5) is 40.9. The monoisotopic (exact) mass is 405 g/mol. The average molecular weight is 405 g/mol. The molecule has 160 valence electrons. The molecule has 1 heterocycles. The molecule has 0 saturated carbocycles. The highest BCUT2D eigenvalue weighted by Crippen LogP contribution is 2.30. The number of piperazine rings is 1. The summed E-state index contributed by atoms with van der Waals surface area (Å²) in [6.45, 7) is 12.0. The van der Waals surface area contributed by atoms with Gasteiger partial charge in [0.2, 0.25) is 5.91 Å². The van der Waals surface area contributed by atoms with E-state index < -0.39 is 4.92 Å². The van der Waals surface area contributed by atoms with Gasteiger partial charge in [0, 0.05) is 63.9 Å². The van der Waals surface area contributed by atoms with Crippen LogP contribution in [0.3, 0.4) is 0 Å². The van der Waals surface area contributed by atoms with E-state index in [1.54, 1.807) is 17.0 Å². The van der Waals surface area contributed by atoms with E-state index in [4.69, 9.17) is 0 Å². The van der Waals surface area contributed by atoms with E-state index in [-0.39, 0.29) is 23.1 Å². The SMILES string of the molecule is CCN(CCNC(=O)c1ccc(N2CCN(C(C)=O)CC2)c([N+](=O)[O-])c1)C(C)C. The lowest BCUT2D eigenvalue weighted by Crippen LogP contribution is -2.48. The van der Waals surface area contributed by atoms with E-state index in [9.17, 15) is 19.7 Å². The van der Waals surface area contributed by atoms with Crippen LogP contribution in [-0.4, -0.2) is 78.4 Å². The van der Waals surface area contributed by atoms with Crippen LogP contribution < -0.4 is 10.2 Å². The van der Waals surface area contributed by atoms with Gasteiger partial charge in [-0.15, -0.1) is 0 Å². The Morgan fingerprint density at radius 2 is 1.90 bits per heavy atom. The molecule has 1 aliphatic rings. The molecule has 9 nitrogen and oxygen atoms in total. The van der Waals surface area contributed by atoms with Crippen molar-refractivity contribution in [1.29, 1.82) is 0 Å². The summed E-state index contributed by atoms with van der Waals surface area (Å²) in [5, 5.41) is 14.4. The molecule has 0 atom stereocenters. The lowest BCUT2D eigenvalue weighted by Gasteiger charge is -2.35. The fourth-order valence-electron chi connectivity index (χ4n) is 3.54. The predicted molar refractivity (Wildman–Crippen MR) is 112 cm³/mol. The first-order chi connectivity index (χ1) is 13.7. The highest BCUT2D eigenvalue weighted by Gasteiger charge is 2.25. The first kappa shape index (κ1) is 22.6. The fraction of sp³-hybridized carbons (Fsp3) is 0.600. The number of nitro groups is 1. The van der Waals surface area contributed by atoms with Gasteiger partial charge in [0.05, 0.1) is 4.92 Å². The molecule has 0 aromatic heterocycles. The molecule has 1 N–H and O–H groups in total. The summed E-state index contributed by atoms with van der Waals surface area (Å²) in [5.41, 5.74) is 0.661. The van der Waals surface area contributed by atoms with Gasteiger partial charge >= 0.3 is 0 Å². The minimum absolute atomic E-state index is 0.00488. The van der Waals surface area contributed by atoms with Gasteiger partial charge in [-0.3, -0.25) is 24.6 Å². The Bertz CT molecular complexity index is 744. The number of carbonyl (C=O) groups excluding carboxylic acids is 2. The average Bonchev–Trinajstić information content (AvgIpc) is 2.70. The number of carbonyl (C=O) groups is 2. The Balaban J connectivity index is 2.06. The molecule has 1 aliphatic heterocycles. The van der Waals surface area contributed by atoms with Crippen molar-refractivity contribution in [3.05, 3.63) is 33.9 Å². The molecule has 0 bridgehead atoms. The van der Waals surface area contributed by atoms with Gasteiger partial charge < -0.3 is 15.1 Å². The molecule has 2 amide bonds. The third-order valence-corrected chi connectivity index (χ3v) is 5.32. The Morgan fingerprint density at radius 1 is 1.24 bits per heavy atom. The number of anilines is 1. The van der Waals surface area contributed by atoms with Crippen molar-refractivity contribution >= 4 is 23.2 Å². The number of nitrogens with one attached hydrogen (secondary N) is 1. The number of nitro benzene ring substituents is 1. The molecule has 1 aromatic carbocycles. The maximum absolute atomic E-state index is 12.5. The van der Waals surface area contributed by atoms with Crippen molar-refractivity contribution < 1.29 is 14.5 Å². The van der Waals surface area contributed by atoms with Gasteiger partial charge in [-0.1, -0.05) is 6.92 Å². The molecule has 1 saturated heterocycles. The first-order valence-corrected chi connectivity index (χ1v) is 10.1. The molecule has 1 aromatic rings. The summed E-state index contributed by atoms with van der Waals surface area (Å²) in [5.74, 6) is -0.314. The van der Waals surface area contributed by atoms with E-state index in [0.717, 1.165) is 13.1 Å². The Morgan fingerprint density at radius 3 is 2.41 bits per heavy atom. The highest BCUT2D eigenvalue weighted by molar-refractivity contribution is 5.95. The zero-order valence-corrected chi connectivity index (χ0v) is 17.7. The summed E-state index contributed by atoms with van der Waals surface area (Å²) >= 11 is 0. The van der Waals surface area contributed by atoms with Crippen LogP contribution in [0.5, 0.6) is 0 Å². The number of rotatable bonds is 8. The van der Waals surface area contributed by atoms with Gasteiger partial charge in [0.1, 0.15) is 5.69 Å². The van der Waals surface area contributed by atoms with Crippen LogP contribution in [0.4, 0.5) is 11.4 Å². The number of nitrogens with zero attached hydrogens (tertiary/aromatic N) is 4. The molecule has 0 spiro atoms. The number of benzene rings is 1. The molecule has 0 aliphatic carbocycles. The lowest BCUT2D eigenvalue weighted by atomic mass is 10.1. The third-order valence-electron chi connectivity index (χ3n) is 5.32. The molecule has 1 fully saturated rings. The predicted octanol–water partition coefficient (Wildman–Crippen LogP) is 1.72. The minimum Gasteiger partial charge on any atom is -0.362 e. The van der Waals surface area contributed by atoms with Gasteiger partial charge in [0.15, 0.2) is 0 Å². The Kier molecular flexibility index (Phi) is 7.95. The molecule has 29 heavy (non-hydrogen) atoms. The van der Waals surface area contributed by atoms with Crippen molar-refractivity contribution in [2.24, 2.45) is 0 Å².